The number of fused-ring (bicyclic) bond motifs is 3. The summed E-state index contributed by atoms with van der Waals surface area (Å²) in [6, 6.07) is 9.67. The van der Waals surface area contributed by atoms with Crippen LogP contribution in [0.2, 0.25) is 10.0 Å². The number of ether oxygens (including phenoxy) is 2. The summed E-state index contributed by atoms with van der Waals surface area (Å²) >= 11 is 13.6. The van der Waals surface area contributed by atoms with Crippen LogP contribution in [0, 0.1) is 0 Å². The van der Waals surface area contributed by atoms with Crippen molar-refractivity contribution in [1.82, 2.24) is 24.3 Å². The van der Waals surface area contributed by atoms with Gasteiger partial charge in [-0.25, -0.2) is 9.97 Å². The molecule has 5 aromatic rings. The van der Waals surface area contributed by atoms with E-state index >= 15 is 0 Å². The fourth-order valence-electron chi connectivity index (χ4n) is 5.67. The highest BCUT2D eigenvalue weighted by molar-refractivity contribution is 6.41. The molecule has 12 heteroatoms. The third-order valence-electron chi connectivity index (χ3n) is 8.17. The number of piperazine rings is 1. The molecule has 4 heterocycles. The monoisotopic (exact) mass is 645 g/mol. The summed E-state index contributed by atoms with van der Waals surface area (Å²) in [6.45, 7) is 10.7. The van der Waals surface area contributed by atoms with E-state index in [-0.39, 0.29) is 12.2 Å². The number of hydrogen-bond donors (Lipinski definition) is 1. The highest BCUT2D eigenvalue weighted by Gasteiger charge is 2.23. The Labute approximate surface area is 271 Å². The maximum atomic E-state index is 12.4. The average Bonchev–Trinajstić information content (AvgIpc) is 3.57. The molecular formula is C33H33Cl2N7O3. The van der Waals surface area contributed by atoms with E-state index in [1.54, 1.807) is 18.5 Å². The number of methoxy groups -OCH3 is 2. The first kappa shape index (κ1) is 30.6. The van der Waals surface area contributed by atoms with Gasteiger partial charge in [0.2, 0.25) is 5.95 Å². The van der Waals surface area contributed by atoms with Gasteiger partial charge in [0.25, 0.3) is 0 Å². The van der Waals surface area contributed by atoms with E-state index in [0.717, 1.165) is 55.0 Å². The molecule has 0 unspecified atom stereocenters. The number of carbonyl (C=O) groups is 1. The summed E-state index contributed by atoms with van der Waals surface area (Å²) in [4.78, 5) is 31.3. The number of pyridine rings is 1. The zero-order valence-electron chi connectivity index (χ0n) is 25.3. The Hall–Kier alpha value is -4.38. The lowest BCUT2D eigenvalue weighted by molar-refractivity contribution is -0.114. The van der Waals surface area contributed by atoms with Crippen LogP contribution in [0.15, 0.2) is 61.6 Å². The predicted molar refractivity (Wildman–Crippen MR) is 180 cm³/mol. The highest BCUT2D eigenvalue weighted by Crippen LogP contribution is 2.47. The number of ketones is 1. The Balaban J connectivity index is 1.41. The maximum Gasteiger partial charge on any atom is 0.229 e. The molecule has 0 radical (unpaired) electrons. The normalized spacial score (nSPS) is 13.8. The molecule has 0 bridgehead atoms. The standard InChI is InChI=1S/C33H33Cl2N7O3/c1-5-23(43)15-20-7-8-22(41-13-11-40(6-2)12-14-41)17-25(20)38-33-37-19-21-16-24(32-36-9-10-42(32)31(21)39-33)28-29(34)26(44-3)18-27(45-4)30(28)35/h5,7-10,16-19H,1,6,11-15H2,2-4H3,(H,37,38,39). The third kappa shape index (κ3) is 5.88. The minimum Gasteiger partial charge on any atom is -0.495 e. The van der Waals surface area contributed by atoms with Gasteiger partial charge in [-0.2, -0.15) is 4.98 Å². The van der Waals surface area contributed by atoms with E-state index in [9.17, 15) is 4.79 Å². The summed E-state index contributed by atoms with van der Waals surface area (Å²) in [5.74, 6) is 1.16. The van der Waals surface area contributed by atoms with E-state index in [1.165, 1.54) is 20.3 Å². The number of nitrogens with zero attached hydrogens (tertiary/aromatic N) is 6. The van der Waals surface area contributed by atoms with E-state index in [4.69, 9.17) is 37.7 Å². The molecule has 0 spiro atoms. The average molecular weight is 647 g/mol. The molecule has 0 amide bonds. The summed E-state index contributed by atoms with van der Waals surface area (Å²) in [5, 5.41) is 4.80. The second-order valence-corrected chi connectivity index (χ2v) is 11.4. The number of nitrogens with one attached hydrogen (secondary N) is 1. The molecule has 10 nitrogen and oxygen atoms in total. The molecule has 0 aliphatic carbocycles. The molecule has 1 aliphatic heterocycles. The van der Waals surface area contributed by atoms with Crippen molar-refractivity contribution in [3.63, 3.8) is 0 Å². The SMILES string of the molecule is C=CC(=O)Cc1ccc(N2CCN(CC)CC2)cc1Nc1ncc2cc(-c3c(Cl)c(OC)cc(OC)c3Cl)c3nccn3c2n1. The Morgan fingerprint density at radius 3 is 2.42 bits per heavy atom. The van der Waals surface area contributed by atoms with Gasteiger partial charge in [-0.1, -0.05) is 42.8 Å². The van der Waals surface area contributed by atoms with Crippen LogP contribution in [-0.2, 0) is 11.2 Å². The van der Waals surface area contributed by atoms with Crippen molar-refractivity contribution in [2.24, 2.45) is 0 Å². The number of likely N-dealkylation sites (N-methyl/N-ethyl adjacent to an activating group) is 1. The van der Waals surface area contributed by atoms with Crippen LogP contribution in [0.25, 0.3) is 27.8 Å². The number of imidazole rings is 1. The molecule has 3 aromatic heterocycles. The maximum absolute atomic E-state index is 12.4. The van der Waals surface area contributed by atoms with Crippen molar-refractivity contribution >= 4 is 63.0 Å². The molecule has 232 valence electrons. The Morgan fingerprint density at radius 2 is 1.76 bits per heavy atom. The Kier molecular flexibility index (Phi) is 8.80. The van der Waals surface area contributed by atoms with E-state index in [1.807, 2.05) is 22.7 Å². The molecule has 1 aliphatic rings. The van der Waals surface area contributed by atoms with Crippen molar-refractivity contribution in [2.75, 3.05) is 57.2 Å². The van der Waals surface area contributed by atoms with Crippen molar-refractivity contribution in [1.29, 1.82) is 0 Å². The first-order valence-corrected chi connectivity index (χ1v) is 15.4. The Bertz CT molecular complexity index is 1890. The van der Waals surface area contributed by atoms with Gasteiger partial charge in [0.15, 0.2) is 11.4 Å². The summed E-state index contributed by atoms with van der Waals surface area (Å²) in [5.41, 5.74) is 5.10. The zero-order valence-corrected chi connectivity index (χ0v) is 26.8. The van der Waals surface area contributed by atoms with Crippen LogP contribution in [-0.4, -0.2) is 77.0 Å². The molecule has 1 fully saturated rings. The molecule has 1 N–H and O–H groups in total. The van der Waals surface area contributed by atoms with Crippen LogP contribution in [0.5, 0.6) is 11.5 Å². The topological polar surface area (TPSA) is 97.1 Å². The smallest absolute Gasteiger partial charge is 0.229 e. The van der Waals surface area contributed by atoms with Crippen molar-refractivity contribution in [3.05, 3.63) is 77.2 Å². The minimum atomic E-state index is -0.0686. The number of halogens is 2. The molecule has 1 saturated heterocycles. The molecule has 2 aromatic carbocycles. The van der Waals surface area contributed by atoms with E-state index < -0.39 is 0 Å². The number of aromatic nitrogens is 4. The quantitative estimate of drug-likeness (QED) is 0.172. The van der Waals surface area contributed by atoms with Gasteiger partial charge in [0.1, 0.15) is 17.1 Å². The van der Waals surface area contributed by atoms with E-state index in [2.05, 4.69) is 50.7 Å². The van der Waals surface area contributed by atoms with Gasteiger partial charge in [-0.3, -0.25) is 9.20 Å². The van der Waals surface area contributed by atoms with Crippen LogP contribution < -0.4 is 19.7 Å². The number of anilines is 3. The predicted octanol–water partition coefficient (Wildman–Crippen LogP) is 6.45. The van der Waals surface area contributed by atoms with Gasteiger partial charge in [0.05, 0.1) is 24.3 Å². The highest BCUT2D eigenvalue weighted by atomic mass is 35.5. The van der Waals surface area contributed by atoms with Crippen molar-refractivity contribution in [3.8, 4) is 22.6 Å². The van der Waals surface area contributed by atoms with Gasteiger partial charge >= 0.3 is 0 Å². The van der Waals surface area contributed by atoms with Crippen LogP contribution >= 0.6 is 23.2 Å². The number of carbonyl (C=O) groups excluding carboxylic acids is 1. The van der Waals surface area contributed by atoms with Crippen molar-refractivity contribution < 1.29 is 14.3 Å². The Morgan fingerprint density at radius 1 is 1.02 bits per heavy atom. The van der Waals surface area contributed by atoms with Crippen molar-refractivity contribution in [2.45, 2.75) is 13.3 Å². The molecule has 0 atom stereocenters. The largest absolute Gasteiger partial charge is 0.495 e. The van der Waals surface area contributed by atoms with Crippen LogP contribution in [0.3, 0.4) is 0 Å². The van der Waals surface area contributed by atoms with Crippen LogP contribution in [0.1, 0.15) is 12.5 Å². The van der Waals surface area contributed by atoms with Crippen LogP contribution in [0.4, 0.5) is 17.3 Å². The number of allylic oxidation sites excluding steroid dienone is 1. The second-order valence-electron chi connectivity index (χ2n) is 10.7. The minimum absolute atomic E-state index is 0.0686. The first-order valence-electron chi connectivity index (χ1n) is 14.6. The number of benzene rings is 2. The first-order chi connectivity index (χ1) is 21.8. The number of rotatable bonds is 10. The second kappa shape index (κ2) is 12.9. The van der Waals surface area contributed by atoms with Gasteiger partial charge in [-0.15, -0.1) is 0 Å². The van der Waals surface area contributed by atoms with Gasteiger partial charge in [0, 0.05) is 85.1 Å². The zero-order chi connectivity index (χ0) is 31.7. The van der Waals surface area contributed by atoms with Gasteiger partial charge < -0.3 is 24.6 Å². The van der Waals surface area contributed by atoms with E-state index in [0.29, 0.717) is 49.9 Å². The molecule has 45 heavy (non-hydrogen) atoms. The lowest BCUT2D eigenvalue weighted by atomic mass is 10.0. The summed E-state index contributed by atoms with van der Waals surface area (Å²) in [7, 11) is 3.07. The number of hydrogen-bond acceptors (Lipinski definition) is 9. The fourth-order valence-corrected chi connectivity index (χ4v) is 6.38. The van der Waals surface area contributed by atoms with Gasteiger partial charge in [-0.05, 0) is 36.4 Å². The summed E-state index contributed by atoms with van der Waals surface area (Å²) in [6.07, 6.45) is 6.80. The molecule has 6 rings (SSSR count). The fraction of sp³-hybridized carbons (Fsp3) is 0.273. The summed E-state index contributed by atoms with van der Waals surface area (Å²) < 4.78 is 12.8. The molecule has 0 saturated carbocycles. The lowest BCUT2D eigenvalue weighted by Gasteiger charge is -2.35. The third-order valence-corrected chi connectivity index (χ3v) is 8.92. The lowest BCUT2D eigenvalue weighted by Crippen LogP contribution is -2.46. The molecular weight excluding hydrogens is 613 g/mol.